The standard InChI is InChI=1S/C17H19N3/c1-11-8-9-16-15(10-12(11)2)14(4)19-20(16)17-7-5-6-13(3)18-17/h5-10,12H,1-4H3. The van der Waals surface area contributed by atoms with E-state index in [4.69, 9.17) is 0 Å². The number of aromatic nitrogens is 3. The highest BCUT2D eigenvalue weighted by molar-refractivity contribution is 5.49. The molecule has 0 saturated carbocycles. The van der Waals surface area contributed by atoms with Crippen molar-refractivity contribution in [3.05, 3.63) is 51.8 Å². The van der Waals surface area contributed by atoms with Gasteiger partial charge in [-0.2, -0.15) is 5.10 Å². The summed E-state index contributed by atoms with van der Waals surface area (Å²) >= 11 is 0. The quantitative estimate of drug-likeness (QED) is 0.790. The first-order chi connectivity index (χ1) is 9.56. The van der Waals surface area contributed by atoms with Gasteiger partial charge in [-0.15, -0.1) is 0 Å². The zero-order chi connectivity index (χ0) is 14.3. The molecule has 0 bridgehead atoms. The van der Waals surface area contributed by atoms with E-state index >= 15 is 0 Å². The first-order valence-corrected chi connectivity index (χ1v) is 6.96. The molecule has 0 fully saturated rings. The van der Waals surface area contributed by atoms with Crippen LogP contribution >= 0.6 is 0 Å². The van der Waals surface area contributed by atoms with Crippen LogP contribution in [0.25, 0.3) is 18.0 Å². The number of pyridine rings is 1. The van der Waals surface area contributed by atoms with Gasteiger partial charge < -0.3 is 0 Å². The molecule has 0 aromatic carbocycles. The molecular weight excluding hydrogens is 246 g/mol. The maximum atomic E-state index is 4.67. The molecular formula is C17H19N3. The number of rotatable bonds is 1. The summed E-state index contributed by atoms with van der Waals surface area (Å²) in [6.07, 6.45) is 6.62. The van der Waals surface area contributed by atoms with Crippen molar-refractivity contribution in [1.29, 1.82) is 0 Å². The largest absolute Gasteiger partial charge is 0.234 e. The predicted molar refractivity (Wildman–Crippen MR) is 81.9 cm³/mol. The second-order valence-electron chi connectivity index (χ2n) is 5.47. The van der Waals surface area contributed by atoms with Crippen LogP contribution in [-0.2, 0) is 0 Å². The van der Waals surface area contributed by atoms with Crippen LogP contribution in [0.1, 0.15) is 25.2 Å². The molecule has 2 aromatic rings. The van der Waals surface area contributed by atoms with Crippen molar-refractivity contribution >= 4 is 12.2 Å². The van der Waals surface area contributed by atoms with E-state index in [1.54, 1.807) is 0 Å². The number of nitrogens with zero attached hydrogens (tertiary/aromatic N) is 3. The second-order valence-corrected chi connectivity index (χ2v) is 5.47. The Balaban J connectivity index is 2.32. The Morgan fingerprint density at radius 1 is 1.10 bits per heavy atom. The van der Waals surface area contributed by atoms with Crippen molar-refractivity contribution < 1.29 is 0 Å². The van der Waals surface area contributed by atoms with Crippen molar-refractivity contribution in [3.8, 4) is 5.82 Å². The van der Waals surface area contributed by atoms with Crippen LogP contribution in [0.2, 0.25) is 0 Å². The number of hydrogen-bond acceptors (Lipinski definition) is 2. The molecule has 2 aromatic heterocycles. The number of hydrogen-bond donors (Lipinski definition) is 0. The smallest absolute Gasteiger partial charge is 0.154 e. The Hall–Kier alpha value is -2.16. The summed E-state index contributed by atoms with van der Waals surface area (Å²) in [5.41, 5.74) is 3.42. The number of allylic oxidation sites excluding steroid dienone is 2. The minimum atomic E-state index is 0.439. The third-order valence-electron chi connectivity index (χ3n) is 3.87. The van der Waals surface area contributed by atoms with Crippen LogP contribution in [0.4, 0.5) is 0 Å². The van der Waals surface area contributed by atoms with E-state index in [0.717, 1.165) is 22.6 Å². The van der Waals surface area contributed by atoms with Crippen LogP contribution in [-0.4, -0.2) is 14.8 Å². The molecule has 0 spiro atoms. The van der Waals surface area contributed by atoms with Crippen LogP contribution in [0.15, 0.2) is 29.8 Å². The number of aryl methyl sites for hydroxylation is 2. The van der Waals surface area contributed by atoms with Gasteiger partial charge in [0.15, 0.2) is 5.82 Å². The normalized spacial score (nSPS) is 17.6. The Kier molecular flexibility index (Phi) is 3.05. The molecule has 0 N–H and O–H groups in total. The minimum absolute atomic E-state index is 0.439. The Bertz CT molecular complexity index is 809. The summed E-state index contributed by atoms with van der Waals surface area (Å²) in [5, 5.41) is 7.00. The van der Waals surface area contributed by atoms with Crippen molar-refractivity contribution in [2.45, 2.75) is 27.7 Å². The van der Waals surface area contributed by atoms with Gasteiger partial charge in [0.05, 0.1) is 11.0 Å². The fourth-order valence-electron chi connectivity index (χ4n) is 2.49. The summed E-state index contributed by atoms with van der Waals surface area (Å²) in [6.45, 7) is 8.45. The molecule has 3 nitrogen and oxygen atoms in total. The highest BCUT2D eigenvalue weighted by Gasteiger charge is 2.10. The van der Waals surface area contributed by atoms with Crippen molar-refractivity contribution in [2.24, 2.45) is 5.92 Å². The second kappa shape index (κ2) is 4.75. The lowest BCUT2D eigenvalue weighted by Gasteiger charge is -2.03. The zero-order valence-corrected chi connectivity index (χ0v) is 12.4. The van der Waals surface area contributed by atoms with E-state index < -0.39 is 0 Å². The minimum Gasteiger partial charge on any atom is -0.234 e. The van der Waals surface area contributed by atoms with E-state index in [1.165, 1.54) is 10.8 Å². The maximum Gasteiger partial charge on any atom is 0.154 e. The van der Waals surface area contributed by atoms with E-state index in [9.17, 15) is 0 Å². The predicted octanol–water partition coefficient (Wildman–Crippen LogP) is 2.04. The fraction of sp³-hybridized carbons (Fsp3) is 0.294. The summed E-state index contributed by atoms with van der Waals surface area (Å²) < 4.78 is 1.94. The Morgan fingerprint density at radius 2 is 1.90 bits per heavy atom. The average molecular weight is 265 g/mol. The first-order valence-electron chi connectivity index (χ1n) is 6.96. The third kappa shape index (κ3) is 2.09. The Morgan fingerprint density at radius 3 is 2.65 bits per heavy atom. The van der Waals surface area contributed by atoms with Gasteiger partial charge in [-0.1, -0.05) is 30.7 Å². The molecule has 3 rings (SSSR count). The number of fused-ring (bicyclic) bond motifs is 1. The summed E-state index contributed by atoms with van der Waals surface area (Å²) in [5.74, 6) is 1.31. The zero-order valence-electron chi connectivity index (χ0n) is 12.4. The van der Waals surface area contributed by atoms with Gasteiger partial charge in [0.1, 0.15) is 0 Å². The van der Waals surface area contributed by atoms with E-state index in [0.29, 0.717) is 5.92 Å². The molecule has 1 unspecified atom stereocenters. The molecule has 0 amide bonds. The summed E-state index contributed by atoms with van der Waals surface area (Å²) in [7, 11) is 0. The van der Waals surface area contributed by atoms with Crippen molar-refractivity contribution in [2.75, 3.05) is 0 Å². The lowest BCUT2D eigenvalue weighted by molar-refractivity contribution is 0.806. The summed E-state index contributed by atoms with van der Waals surface area (Å²) in [6, 6.07) is 6.02. The van der Waals surface area contributed by atoms with Crippen LogP contribution < -0.4 is 10.6 Å². The molecule has 0 radical (unpaired) electrons. The molecule has 102 valence electrons. The molecule has 0 aliphatic heterocycles. The monoisotopic (exact) mass is 265 g/mol. The molecule has 0 saturated heterocycles. The average Bonchev–Trinajstić information content (AvgIpc) is 2.64. The van der Waals surface area contributed by atoms with Gasteiger partial charge in [-0.25, -0.2) is 9.67 Å². The molecule has 2 heterocycles. The van der Waals surface area contributed by atoms with Gasteiger partial charge in [0.2, 0.25) is 0 Å². The van der Waals surface area contributed by atoms with Gasteiger partial charge in [-0.05, 0) is 44.9 Å². The fourth-order valence-corrected chi connectivity index (χ4v) is 2.49. The SMILES string of the molecule is CC1=CC=c2c(c(C)nn2-c2cccc(C)n2)=CC1C. The van der Waals surface area contributed by atoms with Gasteiger partial charge in [0, 0.05) is 10.9 Å². The molecule has 3 heteroatoms. The van der Waals surface area contributed by atoms with Gasteiger partial charge >= 0.3 is 0 Å². The van der Waals surface area contributed by atoms with Crippen molar-refractivity contribution in [3.63, 3.8) is 0 Å². The summed E-state index contributed by atoms with van der Waals surface area (Å²) in [4.78, 5) is 4.58. The van der Waals surface area contributed by atoms with E-state index in [1.807, 2.05) is 29.8 Å². The molecule has 20 heavy (non-hydrogen) atoms. The molecule has 1 aliphatic rings. The van der Waals surface area contributed by atoms with Crippen LogP contribution in [0.5, 0.6) is 0 Å². The molecule has 1 aliphatic carbocycles. The maximum absolute atomic E-state index is 4.67. The topological polar surface area (TPSA) is 30.7 Å². The van der Waals surface area contributed by atoms with Crippen molar-refractivity contribution in [1.82, 2.24) is 14.8 Å². The lowest BCUT2D eigenvalue weighted by atomic mass is 10.0. The van der Waals surface area contributed by atoms with Crippen LogP contribution in [0, 0.1) is 19.8 Å². The van der Waals surface area contributed by atoms with Crippen LogP contribution in [0.3, 0.4) is 0 Å². The Labute approximate surface area is 119 Å². The molecule has 1 atom stereocenters. The highest BCUT2D eigenvalue weighted by Crippen LogP contribution is 2.12. The van der Waals surface area contributed by atoms with Gasteiger partial charge in [-0.3, -0.25) is 0 Å². The van der Waals surface area contributed by atoms with E-state index in [-0.39, 0.29) is 0 Å². The van der Waals surface area contributed by atoms with E-state index in [2.05, 4.69) is 49.1 Å². The lowest BCUT2D eigenvalue weighted by Crippen LogP contribution is -2.29. The van der Waals surface area contributed by atoms with Gasteiger partial charge in [0.25, 0.3) is 0 Å². The highest BCUT2D eigenvalue weighted by atomic mass is 15.3. The third-order valence-corrected chi connectivity index (χ3v) is 3.87. The first kappa shape index (κ1) is 12.9.